The molecule has 0 saturated carbocycles. The number of rotatable bonds is 5. The van der Waals surface area contributed by atoms with Crippen LogP contribution in [0.15, 0.2) is 49.1 Å². The highest BCUT2D eigenvalue weighted by molar-refractivity contribution is 5.99. The molecular formula is C20H17F2N5O2. The van der Waals surface area contributed by atoms with Gasteiger partial charge in [0.05, 0.1) is 30.4 Å². The van der Waals surface area contributed by atoms with Crippen molar-refractivity contribution in [1.29, 1.82) is 0 Å². The number of nitrogens with zero attached hydrogens (tertiary/aromatic N) is 3. The van der Waals surface area contributed by atoms with Crippen molar-refractivity contribution in [3.05, 3.63) is 72.1 Å². The number of H-pyrrole nitrogens is 1. The smallest absolute Gasteiger partial charge is 0.272 e. The molecule has 0 radical (unpaired) electrons. The van der Waals surface area contributed by atoms with Gasteiger partial charge in [0.15, 0.2) is 5.69 Å². The van der Waals surface area contributed by atoms with Gasteiger partial charge in [-0.15, -0.1) is 0 Å². The van der Waals surface area contributed by atoms with Gasteiger partial charge in [-0.1, -0.05) is 6.07 Å². The molecule has 2 N–H and O–H groups in total. The lowest BCUT2D eigenvalue weighted by atomic mass is 10.1. The van der Waals surface area contributed by atoms with Crippen LogP contribution in [0.1, 0.15) is 29.0 Å². The van der Waals surface area contributed by atoms with Gasteiger partial charge >= 0.3 is 0 Å². The summed E-state index contributed by atoms with van der Waals surface area (Å²) in [5.74, 6) is -1.04. The lowest BCUT2D eigenvalue weighted by Crippen LogP contribution is -2.27. The van der Waals surface area contributed by atoms with E-state index >= 15 is 0 Å². The number of nitrogens with one attached hydrogen (secondary N) is 2. The van der Waals surface area contributed by atoms with Crippen LogP contribution in [0.25, 0.3) is 16.6 Å². The lowest BCUT2D eigenvalue weighted by Gasteiger charge is -2.15. The third-order valence-corrected chi connectivity index (χ3v) is 4.63. The van der Waals surface area contributed by atoms with E-state index in [1.165, 1.54) is 31.8 Å². The Morgan fingerprint density at radius 2 is 2.10 bits per heavy atom. The zero-order chi connectivity index (χ0) is 20.5. The molecule has 0 aliphatic rings. The van der Waals surface area contributed by atoms with E-state index in [9.17, 15) is 13.6 Å². The third-order valence-electron chi connectivity index (χ3n) is 4.63. The predicted octanol–water partition coefficient (Wildman–Crippen LogP) is 3.50. The summed E-state index contributed by atoms with van der Waals surface area (Å²) in [4.78, 5) is 16.9. The number of aromatic amines is 1. The minimum atomic E-state index is -0.540. The number of carbonyl (C=O) groups excluding carboxylic acids is 1. The lowest BCUT2D eigenvalue weighted by molar-refractivity contribution is 0.0937. The number of carbonyl (C=O) groups is 1. The van der Waals surface area contributed by atoms with Gasteiger partial charge in [-0.25, -0.2) is 9.37 Å². The summed E-state index contributed by atoms with van der Waals surface area (Å²) in [6.45, 7) is 1.74. The average molecular weight is 397 g/mol. The van der Waals surface area contributed by atoms with Crippen molar-refractivity contribution in [2.45, 2.75) is 13.0 Å². The Morgan fingerprint density at radius 3 is 2.83 bits per heavy atom. The van der Waals surface area contributed by atoms with E-state index in [1.54, 1.807) is 35.7 Å². The second-order valence-electron chi connectivity index (χ2n) is 6.52. The summed E-state index contributed by atoms with van der Waals surface area (Å²) < 4.78 is 34.1. The summed E-state index contributed by atoms with van der Waals surface area (Å²) in [7, 11) is 1.45. The van der Waals surface area contributed by atoms with Gasteiger partial charge in [-0.05, 0) is 30.7 Å². The zero-order valence-corrected chi connectivity index (χ0v) is 15.6. The first-order chi connectivity index (χ1) is 14.0. The molecule has 3 aromatic heterocycles. The Kier molecular flexibility index (Phi) is 4.71. The highest BCUT2D eigenvalue weighted by Gasteiger charge is 2.18. The molecular weight excluding hydrogens is 380 g/mol. The standard InChI is InChI=1S/C20H17F2N5O2/c1-11(13-5-14(21)7-15(6-13)29-2)25-20(28)18-17-4-3-12(9-27(17)10-23-18)16-8-24-26-19(16)22/h3-11H,1-2H3,(H,24,26)(H,25,28)/t11-/m1/s1. The molecule has 4 rings (SSSR count). The molecule has 1 aromatic carbocycles. The van der Waals surface area contributed by atoms with Crippen LogP contribution < -0.4 is 10.1 Å². The second-order valence-corrected chi connectivity index (χ2v) is 6.52. The van der Waals surface area contributed by atoms with E-state index in [-0.39, 0.29) is 5.69 Å². The van der Waals surface area contributed by atoms with Crippen molar-refractivity contribution in [2.75, 3.05) is 7.11 Å². The SMILES string of the molecule is COc1cc(F)cc([C@@H](C)NC(=O)c2ncn3cc(-c4cn[nH]c4F)ccc23)c1. The predicted molar refractivity (Wildman–Crippen MR) is 102 cm³/mol. The maximum absolute atomic E-state index is 13.7. The number of methoxy groups -OCH3 is 1. The van der Waals surface area contributed by atoms with Crippen molar-refractivity contribution in [2.24, 2.45) is 0 Å². The number of pyridine rings is 1. The number of imidazole rings is 1. The number of ether oxygens (including phenoxy) is 1. The minimum Gasteiger partial charge on any atom is -0.497 e. The number of hydrogen-bond acceptors (Lipinski definition) is 4. The van der Waals surface area contributed by atoms with E-state index in [1.807, 2.05) is 0 Å². The second kappa shape index (κ2) is 7.34. The van der Waals surface area contributed by atoms with Gasteiger partial charge in [-0.3, -0.25) is 9.89 Å². The molecule has 1 amide bonds. The molecule has 0 aliphatic heterocycles. The van der Waals surface area contributed by atoms with Crippen molar-refractivity contribution in [3.8, 4) is 16.9 Å². The van der Waals surface area contributed by atoms with E-state index < -0.39 is 23.7 Å². The molecule has 9 heteroatoms. The fourth-order valence-electron chi connectivity index (χ4n) is 3.11. The molecule has 0 aliphatic carbocycles. The summed E-state index contributed by atoms with van der Waals surface area (Å²) >= 11 is 0. The Bertz CT molecular complexity index is 1200. The maximum Gasteiger partial charge on any atom is 0.272 e. The van der Waals surface area contributed by atoms with Gasteiger partial charge < -0.3 is 14.5 Å². The van der Waals surface area contributed by atoms with E-state index in [0.29, 0.717) is 28.0 Å². The molecule has 0 spiro atoms. The van der Waals surface area contributed by atoms with Crippen molar-refractivity contribution < 1.29 is 18.3 Å². The first-order valence-electron chi connectivity index (χ1n) is 8.77. The van der Waals surface area contributed by atoms with Crippen LogP contribution in [0.2, 0.25) is 0 Å². The van der Waals surface area contributed by atoms with Gasteiger partial charge in [0.2, 0.25) is 5.95 Å². The molecule has 4 aromatic rings. The summed E-state index contributed by atoms with van der Waals surface area (Å²) in [5, 5.41) is 8.72. The van der Waals surface area contributed by atoms with Gasteiger partial charge in [-0.2, -0.15) is 9.49 Å². The fourth-order valence-corrected chi connectivity index (χ4v) is 3.11. The molecule has 3 heterocycles. The van der Waals surface area contributed by atoms with E-state index in [4.69, 9.17) is 4.74 Å². The van der Waals surface area contributed by atoms with Crippen LogP contribution in [-0.4, -0.2) is 32.6 Å². The van der Waals surface area contributed by atoms with Crippen LogP contribution in [-0.2, 0) is 0 Å². The number of hydrogen-bond donors (Lipinski definition) is 2. The zero-order valence-electron chi connectivity index (χ0n) is 15.6. The van der Waals surface area contributed by atoms with Crippen LogP contribution >= 0.6 is 0 Å². The third kappa shape index (κ3) is 3.54. The molecule has 7 nitrogen and oxygen atoms in total. The van der Waals surface area contributed by atoms with Gasteiger partial charge in [0, 0.05) is 17.8 Å². The topological polar surface area (TPSA) is 84.3 Å². The van der Waals surface area contributed by atoms with Gasteiger partial charge in [0.25, 0.3) is 5.91 Å². The highest BCUT2D eigenvalue weighted by Crippen LogP contribution is 2.24. The van der Waals surface area contributed by atoms with Crippen LogP contribution in [0.4, 0.5) is 8.78 Å². The molecule has 0 fully saturated rings. The van der Waals surface area contributed by atoms with Crippen molar-refractivity contribution >= 4 is 11.4 Å². The van der Waals surface area contributed by atoms with Crippen LogP contribution in [0, 0.1) is 11.8 Å². The molecule has 0 saturated heterocycles. The first-order valence-corrected chi connectivity index (χ1v) is 8.77. The normalized spacial score (nSPS) is 12.1. The molecule has 1 atom stereocenters. The number of benzene rings is 1. The number of halogens is 2. The Balaban J connectivity index is 1.59. The largest absolute Gasteiger partial charge is 0.497 e. The Hall–Kier alpha value is -3.75. The maximum atomic E-state index is 13.7. The van der Waals surface area contributed by atoms with Crippen molar-refractivity contribution in [3.63, 3.8) is 0 Å². The average Bonchev–Trinajstić information content (AvgIpc) is 3.32. The van der Waals surface area contributed by atoms with Crippen molar-refractivity contribution in [1.82, 2.24) is 24.9 Å². The minimum absolute atomic E-state index is 0.208. The van der Waals surface area contributed by atoms with Crippen LogP contribution in [0.5, 0.6) is 5.75 Å². The number of aromatic nitrogens is 4. The first kappa shape index (κ1) is 18.6. The molecule has 0 unspecified atom stereocenters. The Morgan fingerprint density at radius 1 is 1.28 bits per heavy atom. The monoisotopic (exact) mass is 397 g/mol. The number of fused-ring (bicyclic) bond motifs is 1. The molecule has 0 bridgehead atoms. The van der Waals surface area contributed by atoms with Gasteiger partial charge in [0.1, 0.15) is 17.9 Å². The summed E-state index contributed by atoms with van der Waals surface area (Å²) in [5.41, 5.74) is 2.24. The van der Waals surface area contributed by atoms with Crippen LogP contribution in [0.3, 0.4) is 0 Å². The number of amides is 1. The van der Waals surface area contributed by atoms with E-state index in [2.05, 4.69) is 20.5 Å². The molecule has 148 valence electrons. The fraction of sp³-hybridized carbons (Fsp3) is 0.150. The highest BCUT2D eigenvalue weighted by atomic mass is 19.1. The quantitative estimate of drug-likeness (QED) is 0.540. The molecule has 29 heavy (non-hydrogen) atoms. The van der Waals surface area contributed by atoms with E-state index in [0.717, 1.165) is 0 Å². The Labute approximate surface area is 164 Å². The summed E-state index contributed by atoms with van der Waals surface area (Å²) in [6.07, 6.45) is 4.52. The summed E-state index contributed by atoms with van der Waals surface area (Å²) in [6, 6.07) is 7.15.